The fourth-order valence-electron chi connectivity index (χ4n) is 6.08. The van der Waals surface area contributed by atoms with Crippen LogP contribution in [0.2, 0.25) is 0 Å². The third-order valence-corrected chi connectivity index (χ3v) is 8.05. The van der Waals surface area contributed by atoms with E-state index in [4.69, 9.17) is 4.42 Å². The van der Waals surface area contributed by atoms with Gasteiger partial charge in [0, 0.05) is 27.4 Å². The van der Waals surface area contributed by atoms with Gasteiger partial charge in [0.1, 0.15) is 11.3 Å². The molecule has 1 heterocycles. The zero-order valence-electron chi connectivity index (χ0n) is 22.9. The summed E-state index contributed by atoms with van der Waals surface area (Å²) in [6.45, 7) is 0. The third-order valence-electron chi connectivity index (χ3n) is 8.05. The minimum atomic E-state index is 0.880. The molecule has 0 fully saturated rings. The largest absolute Gasteiger partial charge is 0.456 e. The van der Waals surface area contributed by atoms with Crippen molar-refractivity contribution in [3.05, 3.63) is 164 Å². The first-order chi connectivity index (χ1) is 20.8. The average Bonchev–Trinajstić information content (AvgIpc) is 3.50. The zero-order chi connectivity index (χ0) is 27.9. The molecule has 1 aromatic heterocycles. The molecule has 0 spiro atoms. The second kappa shape index (κ2) is 10.1. The molecule has 0 saturated heterocycles. The van der Waals surface area contributed by atoms with Gasteiger partial charge in [0.15, 0.2) is 0 Å². The van der Waals surface area contributed by atoms with Crippen LogP contribution in [0.3, 0.4) is 0 Å². The van der Waals surface area contributed by atoms with Gasteiger partial charge in [-0.05, 0) is 64.4 Å². The van der Waals surface area contributed by atoms with Crippen LogP contribution in [-0.4, -0.2) is 0 Å². The van der Waals surface area contributed by atoms with Crippen molar-refractivity contribution in [1.82, 2.24) is 0 Å². The van der Waals surface area contributed by atoms with E-state index < -0.39 is 0 Å². The van der Waals surface area contributed by atoms with Crippen LogP contribution in [0.25, 0.3) is 55.0 Å². The molecule has 0 saturated carbocycles. The Morgan fingerprint density at radius 3 is 1.90 bits per heavy atom. The highest BCUT2D eigenvalue weighted by molar-refractivity contribution is 6.09. The number of hydrogen-bond acceptors (Lipinski definition) is 2. The minimum Gasteiger partial charge on any atom is -0.456 e. The van der Waals surface area contributed by atoms with Crippen molar-refractivity contribution in [2.24, 2.45) is 0 Å². The Hall–Kier alpha value is -5.60. The van der Waals surface area contributed by atoms with Gasteiger partial charge in [-0.25, -0.2) is 0 Å². The maximum atomic E-state index is 6.21. The molecule has 2 nitrogen and oxygen atoms in total. The van der Waals surface area contributed by atoms with Gasteiger partial charge in [-0.2, -0.15) is 0 Å². The van der Waals surface area contributed by atoms with Crippen LogP contribution in [0.15, 0.2) is 168 Å². The SMILES string of the molecule is c1ccc(N(c2cccc3ccccc23)c2ccc(-c3cccc(-c4cc5ccccc5o4)c3)c3ccccc23)cc1. The highest BCUT2D eigenvalue weighted by atomic mass is 16.3. The van der Waals surface area contributed by atoms with E-state index in [1.807, 2.05) is 18.2 Å². The van der Waals surface area contributed by atoms with Crippen molar-refractivity contribution in [1.29, 1.82) is 0 Å². The molecule has 0 atom stereocenters. The molecule has 0 N–H and O–H groups in total. The first kappa shape index (κ1) is 24.2. The third kappa shape index (κ3) is 4.13. The van der Waals surface area contributed by atoms with Gasteiger partial charge in [0.05, 0.1) is 11.4 Å². The molecule has 0 amide bonds. The summed E-state index contributed by atoms with van der Waals surface area (Å²) in [5.41, 5.74) is 7.75. The molecule has 0 unspecified atom stereocenters. The second-order valence-electron chi connectivity index (χ2n) is 10.6. The lowest BCUT2D eigenvalue weighted by Gasteiger charge is -2.28. The molecule has 0 radical (unpaired) electrons. The van der Waals surface area contributed by atoms with E-state index in [9.17, 15) is 0 Å². The van der Waals surface area contributed by atoms with Crippen molar-refractivity contribution < 1.29 is 4.42 Å². The second-order valence-corrected chi connectivity index (χ2v) is 10.6. The number of anilines is 3. The summed E-state index contributed by atoms with van der Waals surface area (Å²) < 4.78 is 6.21. The number of rotatable bonds is 5. The van der Waals surface area contributed by atoms with E-state index in [2.05, 4.69) is 150 Å². The molecule has 8 rings (SSSR count). The average molecular weight is 538 g/mol. The Morgan fingerprint density at radius 1 is 0.405 bits per heavy atom. The molecule has 198 valence electrons. The van der Waals surface area contributed by atoms with Gasteiger partial charge >= 0.3 is 0 Å². The Bertz CT molecular complexity index is 2170. The van der Waals surface area contributed by atoms with Gasteiger partial charge in [0.25, 0.3) is 0 Å². The summed E-state index contributed by atoms with van der Waals surface area (Å²) in [5.74, 6) is 0.880. The fourth-order valence-corrected chi connectivity index (χ4v) is 6.08. The summed E-state index contributed by atoms with van der Waals surface area (Å²) >= 11 is 0. The summed E-state index contributed by atoms with van der Waals surface area (Å²) in [4.78, 5) is 2.39. The Morgan fingerprint density at radius 2 is 1.05 bits per heavy atom. The highest BCUT2D eigenvalue weighted by Crippen LogP contribution is 2.44. The zero-order valence-corrected chi connectivity index (χ0v) is 22.9. The molecule has 0 aliphatic carbocycles. The molecule has 0 aliphatic heterocycles. The highest BCUT2D eigenvalue weighted by Gasteiger charge is 2.19. The van der Waals surface area contributed by atoms with Crippen molar-refractivity contribution in [3.8, 4) is 22.5 Å². The Balaban J connectivity index is 1.32. The van der Waals surface area contributed by atoms with E-state index in [0.717, 1.165) is 44.9 Å². The van der Waals surface area contributed by atoms with Gasteiger partial charge in [-0.1, -0.05) is 121 Å². The van der Waals surface area contributed by atoms with E-state index >= 15 is 0 Å². The molecule has 0 bridgehead atoms. The smallest absolute Gasteiger partial charge is 0.135 e. The predicted octanol–water partition coefficient (Wildman–Crippen LogP) is 11.5. The van der Waals surface area contributed by atoms with Gasteiger partial charge < -0.3 is 9.32 Å². The number of nitrogens with zero attached hydrogens (tertiary/aromatic N) is 1. The van der Waals surface area contributed by atoms with Crippen LogP contribution < -0.4 is 4.90 Å². The number of benzene rings is 7. The summed E-state index contributed by atoms with van der Waals surface area (Å²) in [5, 5.41) is 5.95. The van der Waals surface area contributed by atoms with Crippen molar-refractivity contribution >= 4 is 49.6 Å². The minimum absolute atomic E-state index is 0.880. The van der Waals surface area contributed by atoms with Gasteiger partial charge in [0.2, 0.25) is 0 Å². The van der Waals surface area contributed by atoms with E-state index in [-0.39, 0.29) is 0 Å². The quantitative estimate of drug-likeness (QED) is 0.217. The van der Waals surface area contributed by atoms with E-state index in [1.165, 1.54) is 27.1 Å². The number of para-hydroxylation sites is 2. The van der Waals surface area contributed by atoms with Gasteiger partial charge in [-0.15, -0.1) is 0 Å². The maximum Gasteiger partial charge on any atom is 0.135 e. The van der Waals surface area contributed by atoms with Gasteiger partial charge in [-0.3, -0.25) is 0 Å². The molecule has 42 heavy (non-hydrogen) atoms. The number of furan rings is 1. The van der Waals surface area contributed by atoms with Crippen molar-refractivity contribution in [3.63, 3.8) is 0 Å². The molecule has 7 aromatic carbocycles. The predicted molar refractivity (Wildman–Crippen MR) is 177 cm³/mol. The van der Waals surface area contributed by atoms with Crippen LogP contribution in [-0.2, 0) is 0 Å². The normalized spacial score (nSPS) is 11.3. The van der Waals surface area contributed by atoms with Crippen LogP contribution >= 0.6 is 0 Å². The van der Waals surface area contributed by atoms with Crippen LogP contribution in [0.4, 0.5) is 17.1 Å². The lowest BCUT2D eigenvalue weighted by atomic mass is 9.94. The van der Waals surface area contributed by atoms with E-state index in [1.54, 1.807) is 0 Å². The maximum absolute atomic E-state index is 6.21. The van der Waals surface area contributed by atoms with E-state index in [0.29, 0.717) is 0 Å². The molecular weight excluding hydrogens is 510 g/mol. The Labute approximate surface area is 244 Å². The fraction of sp³-hybridized carbons (Fsp3) is 0. The Kier molecular flexibility index (Phi) is 5.82. The molecule has 8 aromatic rings. The summed E-state index contributed by atoms with van der Waals surface area (Å²) in [6, 6.07) is 58.0. The lowest BCUT2D eigenvalue weighted by Crippen LogP contribution is -2.11. The number of hydrogen-bond donors (Lipinski definition) is 0. The van der Waals surface area contributed by atoms with Crippen LogP contribution in [0, 0.1) is 0 Å². The van der Waals surface area contributed by atoms with Crippen LogP contribution in [0.1, 0.15) is 0 Å². The standard InChI is InChI=1S/C40H27NO/c1-2-17-32(18-3-1)41(37-22-11-14-28-12-4-6-19-34(28)37)38-25-24-33(35-20-7-8-21-36(35)38)29-15-10-16-30(26-29)40-27-31-13-5-9-23-39(31)42-40/h1-27H. The van der Waals surface area contributed by atoms with Crippen LogP contribution in [0.5, 0.6) is 0 Å². The molecule has 0 aliphatic rings. The van der Waals surface area contributed by atoms with Crippen molar-refractivity contribution in [2.45, 2.75) is 0 Å². The summed E-state index contributed by atoms with van der Waals surface area (Å²) in [6.07, 6.45) is 0. The first-order valence-electron chi connectivity index (χ1n) is 14.3. The first-order valence-corrected chi connectivity index (χ1v) is 14.3. The lowest BCUT2D eigenvalue weighted by molar-refractivity contribution is 0.631. The summed E-state index contributed by atoms with van der Waals surface area (Å²) in [7, 11) is 0. The number of fused-ring (bicyclic) bond motifs is 3. The molecule has 2 heteroatoms. The topological polar surface area (TPSA) is 16.4 Å². The molecular formula is C40H27NO. The monoisotopic (exact) mass is 537 g/mol. The van der Waals surface area contributed by atoms with Crippen molar-refractivity contribution in [2.75, 3.05) is 4.90 Å².